The number of aromatic nitrogens is 5. The molecule has 2 aromatic carbocycles. The van der Waals surface area contributed by atoms with Gasteiger partial charge in [0.25, 0.3) is 11.8 Å². The monoisotopic (exact) mass is 437 g/mol. The van der Waals surface area contributed by atoms with Crippen molar-refractivity contribution in [3.8, 4) is 17.5 Å². The van der Waals surface area contributed by atoms with Gasteiger partial charge in [-0.05, 0) is 48.5 Å². The molecule has 33 heavy (non-hydrogen) atoms. The van der Waals surface area contributed by atoms with Crippen LogP contribution in [-0.2, 0) is 6.42 Å². The molecular weight excluding hydrogens is 418 g/mol. The number of para-hydroxylation sites is 2. The predicted octanol–water partition coefficient (Wildman–Crippen LogP) is 4.39. The summed E-state index contributed by atoms with van der Waals surface area (Å²) in [6.45, 7) is 0.386. The summed E-state index contributed by atoms with van der Waals surface area (Å²) in [6.07, 6.45) is 5.45. The molecule has 0 aliphatic carbocycles. The van der Waals surface area contributed by atoms with E-state index in [1.807, 2.05) is 42.5 Å². The Labute approximate surface area is 189 Å². The number of H-pyrrole nitrogens is 1. The van der Waals surface area contributed by atoms with Gasteiger partial charge < -0.3 is 14.5 Å². The highest BCUT2D eigenvalue weighted by Crippen LogP contribution is 2.27. The highest BCUT2D eigenvalue weighted by atomic mass is 16.5. The number of ketones is 1. The maximum Gasteiger partial charge on any atom is 0.283 e. The summed E-state index contributed by atoms with van der Waals surface area (Å²) < 4.78 is 11.6. The summed E-state index contributed by atoms with van der Waals surface area (Å²) in [5.41, 5.74) is 2.99. The molecule has 0 saturated heterocycles. The number of ether oxygens (including phenoxy) is 2. The minimum atomic E-state index is -0.198. The van der Waals surface area contributed by atoms with Gasteiger partial charge in [-0.3, -0.25) is 9.78 Å². The van der Waals surface area contributed by atoms with Crippen LogP contribution in [0.1, 0.15) is 21.9 Å². The number of rotatable bonds is 8. The zero-order chi connectivity index (χ0) is 22.5. The van der Waals surface area contributed by atoms with Gasteiger partial charge in [-0.15, -0.1) is 0 Å². The summed E-state index contributed by atoms with van der Waals surface area (Å²) in [6, 6.07) is 20.0. The Morgan fingerprint density at radius 1 is 0.818 bits per heavy atom. The molecule has 1 N–H and O–H groups in total. The molecule has 0 aliphatic heterocycles. The van der Waals surface area contributed by atoms with Crippen molar-refractivity contribution in [3.63, 3.8) is 0 Å². The summed E-state index contributed by atoms with van der Waals surface area (Å²) in [7, 11) is 0. The van der Waals surface area contributed by atoms with Crippen molar-refractivity contribution in [1.29, 1.82) is 0 Å². The van der Waals surface area contributed by atoms with E-state index < -0.39 is 0 Å². The first kappa shape index (κ1) is 20.3. The van der Waals surface area contributed by atoms with E-state index in [9.17, 15) is 4.79 Å². The first-order chi connectivity index (χ1) is 16.3. The third-order valence-corrected chi connectivity index (χ3v) is 4.89. The van der Waals surface area contributed by atoms with Gasteiger partial charge in [0.1, 0.15) is 5.75 Å². The number of aromatic amines is 1. The number of nitrogens with one attached hydrogen (secondary N) is 1. The van der Waals surface area contributed by atoms with Gasteiger partial charge in [-0.1, -0.05) is 18.2 Å². The van der Waals surface area contributed by atoms with Gasteiger partial charge in [0.2, 0.25) is 5.78 Å². The average molecular weight is 437 g/mol. The van der Waals surface area contributed by atoms with Gasteiger partial charge in [-0.25, -0.2) is 15.0 Å². The summed E-state index contributed by atoms with van der Waals surface area (Å²) >= 11 is 0. The van der Waals surface area contributed by atoms with Gasteiger partial charge >= 0.3 is 0 Å². The molecule has 0 saturated carbocycles. The fourth-order valence-corrected chi connectivity index (χ4v) is 3.26. The van der Waals surface area contributed by atoms with E-state index in [1.165, 1.54) is 12.4 Å². The maximum atomic E-state index is 12.8. The first-order valence-electron chi connectivity index (χ1n) is 10.4. The van der Waals surface area contributed by atoms with Crippen molar-refractivity contribution in [1.82, 2.24) is 24.9 Å². The molecule has 0 aliphatic rings. The van der Waals surface area contributed by atoms with Crippen molar-refractivity contribution in [2.45, 2.75) is 6.42 Å². The lowest BCUT2D eigenvalue weighted by Crippen LogP contribution is -2.06. The van der Waals surface area contributed by atoms with Crippen molar-refractivity contribution in [2.24, 2.45) is 0 Å². The van der Waals surface area contributed by atoms with Crippen LogP contribution in [-0.4, -0.2) is 37.3 Å². The number of hydrogen-bond donors (Lipinski definition) is 1. The third kappa shape index (κ3) is 4.69. The summed E-state index contributed by atoms with van der Waals surface area (Å²) in [5, 5.41) is 0. The normalized spacial score (nSPS) is 10.8. The summed E-state index contributed by atoms with van der Waals surface area (Å²) in [4.78, 5) is 32.9. The lowest BCUT2D eigenvalue weighted by Gasteiger charge is -2.10. The number of nitrogens with zero attached hydrogens (tertiary/aromatic N) is 4. The molecular formula is C25H19N5O3. The second-order valence-corrected chi connectivity index (χ2v) is 7.14. The number of pyridine rings is 1. The molecule has 0 atom stereocenters. The minimum absolute atomic E-state index is 0.198. The largest absolute Gasteiger partial charge is 0.473 e. The molecule has 0 radical (unpaired) electrons. The van der Waals surface area contributed by atoms with E-state index in [1.54, 1.807) is 30.5 Å². The Hall–Kier alpha value is -4.59. The highest BCUT2D eigenvalue weighted by molar-refractivity contribution is 6.08. The smallest absolute Gasteiger partial charge is 0.283 e. The minimum Gasteiger partial charge on any atom is -0.473 e. The fraction of sp³-hybridized carbons (Fsp3) is 0.0800. The average Bonchev–Trinajstić information content (AvgIpc) is 3.30. The van der Waals surface area contributed by atoms with Crippen molar-refractivity contribution < 1.29 is 14.3 Å². The van der Waals surface area contributed by atoms with Crippen LogP contribution in [0.5, 0.6) is 17.5 Å². The van der Waals surface area contributed by atoms with Gasteiger partial charge in [0.05, 0.1) is 17.6 Å². The molecule has 0 amide bonds. The topological polar surface area (TPSA) is 103 Å². The van der Waals surface area contributed by atoms with Crippen LogP contribution in [0.25, 0.3) is 11.0 Å². The van der Waals surface area contributed by atoms with Crippen molar-refractivity contribution >= 4 is 16.8 Å². The predicted molar refractivity (Wildman–Crippen MR) is 122 cm³/mol. The number of benzene rings is 2. The Bertz CT molecular complexity index is 1350. The SMILES string of the molecule is O=C(c1ccc(Oc2nccnc2OCCc2ccccn2)cc1)c1nc2ccccc2[nH]1. The Morgan fingerprint density at radius 3 is 2.39 bits per heavy atom. The molecule has 0 unspecified atom stereocenters. The van der Waals surface area contributed by atoms with E-state index in [-0.39, 0.29) is 17.5 Å². The number of fused-ring (bicyclic) bond motifs is 1. The second-order valence-electron chi connectivity index (χ2n) is 7.14. The molecule has 0 fully saturated rings. The van der Waals surface area contributed by atoms with E-state index in [2.05, 4.69) is 24.9 Å². The molecule has 0 spiro atoms. The molecule has 5 rings (SSSR count). The van der Waals surface area contributed by atoms with Crippen LogP contribution in [0.4, 0.5) is 0 Å². The summed E-state index contributed by atoms with van der Waals surface area (Å²) in [5.74, 6) is 1.13. The van der Waals surface area contributed by atoms with Crippen LogP contribution >= 0.6 is 0 Å². The lowest BCUT2D eigenvalue weighted by molar-refractivity contribution is 0.103. The quantitative estimate of drug-likeness (QED) is 0.359. The number of carbonyl (C=O) groups is 1. The Balaban J connectivity index is 1.26. The molecule has 3 heterocycles. The van der Waals surface area contributed by atoms with E-state index in [4.69, 9.17) is 9.47 Å². The van der Waals surface area contributed by atoms with Crippen LogP contribution < -0.4 is 9.47 Å². The van der Waals surface area contributed by atoms with Crippen LogP contribution in [0, 0.1) is 0 Å². The molecule has 0 bridgehead atoms. The number of hydrogen-bond acceptors (Lipinski definition) is 7. The van der Waals surface area contributed by atoms with Crippen molar-refractivity contribution in [3.05, 3.63) is 102 Å². The zero-order valence-electron chi connectivity index (χ0n) is 17.5. The molecule has 8 heteroatoms. The maximum absolute atomic E-state index is 12.8. The third-order valence-electron chi connectivity index (χ3n) is 4.89. The van der Waals surface area contributed by atoms with Gasteiger partial charge in [-0.2, -0.15) is 0 Å². The molecule has 162 valence electrons. The fourth-order valence-electron chi connectivity index (χ4n) is 3.26. The standard InChI is InChI=1S/C25H19N5O3/c31-22(23-29-20-6-1-2-7-21(20)30-23)17-8-10-19(11-9-17)33-25-24(27-14-15-28-25)32-16-12-18-5-3-4-13-26-18/h1-11,13-15H,12,16H2,(H,29,30). The van der Waals surface area contributed by atoms with Crippen LogP contribution in [0.2, 0.25) is 0 Å². The van der Waals surface area contributed by atoms with Gasteiger partial charge in [0.15, 0.2) is 5.82 Å². The zero-order valence-corrected chi connectivity index (χ0v) is 17.5. The van der Waals surface area contributed by atoms with Gasteiger partial charge in [0, 0.05) is 36.3 Å². The Morgan fingerprint density at radius 2 is 1.61 bits per heavy atom. The number of imidazole rings is 1. The van der Waals surface area contributed by atoms with E-state index in [0.29, 0.717) is 30.2 Å². The highest BCUT2D eigenvalue weighted by Gasteiger charge is 2.15. The second kappa shape index (κ2) is 9.27. The van der Waals surface area contributed by atoms with Crippen LogP contribution in [0.3, 0.4) is 0 Å². The van der Waals surface area contributed by atoms with Crippen molar-refractivity contribution in [2.75, 3.05) is 6.61 Å². The Kier molecular flexibility index (Phi) is 5.71. The lowest BCUT2D eigenvalue weighted by atomic mass is 10.1. The molecule has 3 aromatic heterocycles. The van der Waals surface area contributed by atoms with E-state index in [0.717, 1.165) is 16.7 Å². The van der Waals surface area contributed by atoms with Crippen LogP contribution in [0.15, 0.2) is 85.3 Å². The molecule has 5 aromatic rings. The first-order valence-corrected chi connectivity index (χ1v) is 10.4. The van der Waals surface area contributed by atoms with E-state index >= 15 is 0 Å². The molecule has 8 nitrogen and oxygen atoms in total. The number of carbonyl (C=O) groups excluding carboxylic acids is 1.